The first-order valence-electron chi connectivity index (χ1n) is 14.3. The van der Waals surface area contributed by atoms with Crippen LogP contribution in [-0.2, 0) is 5.54 Å². The maximum Gasteiger partial charge on any atom is 0.146 e. The third-order valence-corrected chi connectivity index (χ3v) is 7.56. The van der Waals surface area contributed by atoms with Gasteiger partial charge in [0, 0.05) is 38.2 Å². The number of hydrogen-bond donors (Lipinski definition) is 3. The SMILES string of the molecule is N#Cc1cccnc1.c1ccc(C(c2ccccc2)(c2ccccc2)n2ccc3c(N[C@@H]4CNCCN4)ncnc32)cc1. The van der Waals surface area contributed by atoms with E-state index in [-0.39, 0.29) is 6.17 Å². The van der Waals surface area contributed by atoms with Crippen LogP contribution < -0.4 is 16.0 Å². The van der Waals surface area contributed by atoms with Crippen molar-refractivity contribution in [2.75, 3.05) is 25.0 Å². The zero-order valence-corrected chi connectivity index (χ0v) is 23.6. The van der Waals surface area contributed by atoms with Gasteiger partial charge in [0.2, 0.25) is 0 Å². The molecule has 43 heavy (non-hydrogen) atoms. The maximum absolute atomic E-state index is 8.25. The van der Waals surface area contributed by atoms with E-state index in [1.54, 1.807) is 24.7 Å². The van der Waals surface area contributed by atoms with E-state index in [9.17, 15) is 0 Å². The average Bonchev–Trinajstić information content (AvgIpc) is 3.53. The lowest BCUT2D eigenvalue weighted by Gasteiger charge is -2.38. The first-order valence-corrected chi connectivity index (χ1v) is 14.3. The van der Waals surface area contributed by atoms with Crippen LogP contribution in [0.15, 0.2) is 134 Å². The van der Waals surface area contributed by atoms with Gasteiger partial charge in [0.1, 0.15) is 29.4 Å². The van der Waals surface area contributed by atoms with E-state index in [4.69, 9.17) is 10.2 Å². The van der Waals surface area contributed by atoms with E-state index < -0.39 is 5.54 Å². The van der Waals surface area contributed by atoms with Crippen molar-refractivity contribution in [1.82, 2.24) is 30.2 Å². The molecule has 1 atom stereocenters. The number of fused-ring (bicyclic) bond motifs is 1. The molecule has 0 unspecified atom stereocenters. The Kier molecular flexibility index (Phi) is 8.46. The Morgan fingerprint density at radius 1 is 0.791 bits per heavy atom. The third-order valence-electron chi connectivity index (χ3n) is 7.56. The number of piperazine rings is 1. The number of pyridine rings is 1. The molecule has 0 amide bonds. The second-order valence-corrected chi connectivity index (χ2v) is 10.2. The second-order valence-electron chi connectivity index (χ2n) is 10.2. The number of aromatic nitrogens is 4. The van der Waals surface area contributed by atoms with E-state index in [0.29, 0.717) is 5.56 Å². The maximum atomic E-state index is 8.25. The highest BCUT2D eigenvalue weighted by molar-refractivity contribution is 5.88. The van der Waals surface area contributed by atoms with Crippen LogP contribution in [0.3, 0.4) is 0 Å². The predicted octanol–water partition coefficient (Wildman–Crippen LogP) is 5.16. The number of nitrogens with one attached hydrogen (secondary N) is 3. The minimum atomic E-state index is -0.609. The molecule has 212 valence electrons. The van der Waals surface area contributed by atoms with Crippen LogP contribution in [0.5, 0.6) is 0 Å². The van der Waals surface area contributed by atoms with E-state index in [2.05, 4.69) is 134 Å². The number of nitrogens with zero attached hydrogens (tertiary/aromatic N) is 5. The van der Waals surface area contributed by atoms with Crippen molar-refractivity contribution in [2.24, 2.45) is 0 Å². The van der Waals surface area contributed by atoms with Gasteiger partial charge in [0.15, 0.2) is 0 Å². The van der Waals surface area contributed by atoms with Crippen LogP contribution in [-0.4, -0.2) is 45.3 Å². The van der Waals surface area contributed by atoms with Gasteiger partial charge in [-0.05, 0) is 34.9 Å². The molecule has 4 heterocycles. The zero-order chi connectivity index (χ0) is 29.3. The second kappa shape index (κ2) is 13.1. The lowest BCUT2D eigenvalue weighted by atomic mass is 9.76. The largest absolute Gasteiger partial charge is 0.353 e. The molecular weight excluding hydrogens is 532 g/mol. The smallest absolute Gasteiger partial charge is 0.146 e. The fourth-order valence-electron chi connectivity index (χ4n) is 5.64. The molecule has 0 aliphatic carbocycles. The number of benzene rings is 3. The molecule has 0 spiro atoms. The van der Waals surface area contributed by atoms with Crippen LogP contribution in [0.4, 0.5) is 5.82 Å². The quantitative estimate of drug-likeness (QED) is 0.240. The number of anilines is 1. The Morgan fingerprint density at radius 2 is 1.44 bits per heavy atom. The molecule has 3 N–H and O–H groups in total. The first kappa shape index (κ1) is 27.8. The summed E-state index contributed by atoms with van der Waals surface area (Å²) in [6.07, 6.45) is 7.08. The average molecular weight is 565 g/mol. The van der Waals surface area contributed by atoms with Crippen molar-refractivity contribution in [3.8, 4) is 6.07 Å². The summed E-state index contributed by atoms with van der Waals surface area (Å²) in [6.45, 7) is 2.74. The summed E-state index contributed by atoms with van der Waals surface area (Å²) in [5, 5.41) is 19.7. The molecule has 7 rings (SSSR count). The Labute approximate surface area is 251 Å². The number of nitriles is 1. The van der Waals surface area contributed by atoms with Crippen molar-refractivity contribution in [3.05, 3.63) is 156 Å². The molecule has 6 aromatic rings. The van der Waals surface area contributed by atoms with Crippen LogP contribution in [0.1, 0.15) is 22.3 Å². The van der Waals surface area contributed by atoms with Gasteiger partial charge in [-0.25, -0.2) is 9.97 Å². The van der Waals surface area contributed by atoms with E-state index >= 15 is 0 Å². The van der Waals surface area contributed by atoms with Crippen LogP contribution in [0.25, 0.3) is 11.0 Å². The van der Waals surface area contributed by atoms with Crippen LogP contribution in [0, 0.1) is 11.3 Å². The highest BCUT2D eigenvalue weighted by atomic mass is 15.2. The lowest BCUT2D eigenvalue weighted by Crippen LogP contribution is -2.52. The minimum absolute atomic E-state index is 0.118. The molecule has 8 heteroatoms. The molecular formula is C35H32N8. The standard InChI is InChI=1S/C29H28N6.C6H4N2/c1-4-10-22(11-5-1)29(23-12-6-2-7-13-23,24-14-8-3-9-15-24)35-19-16-25-27(32-21-33-28(25)35)34-26-20-30-17-18-31-26;7-4-6-2-1-3-8-5-6/h1-16,19,21,26,30-31H,17-18,20H2,(H,32,33,34);1-3,5H/t26-;/m1./s1. The molecule has 3 aromatic carbocycles. The van der Waals surface area contributed by atoms with Crippen molar-refractivity contribution in [2.45, 2.75) is 11.7 Å². The highest BCUT2D eigenvalue weighted by Crippen LogP contribution is 2.43. The minimum Gasteiger partial charge on any atom is -0.353 e. The predicted molar refractivity (Wildman–Crippen MR) is 169 cm³/mol. The zero-order valence-electron chi connectivity index (χ0n) is 23.6. The van der Waals surface area contributed by atoms with E-state index in [0.717, 1.165) is 36.5 Å². The summed E-state index contributed by atoms with van der Waals surface area (Å²) >= 11 is 0. The molecule has 3 aromatic heterocycles. The van der Waals surface area contributed by atoms with Gasteiger partial charge in [-0.1, -0.05) is 91.0 Å². The van der Waals surface area contributed by atoms with Crippen molar-refractivity contribution >= 4 is 16.9 Å². The number of hydrogen-bond acceptors (Lipinski definition) is 7. The normalized spacial score (nSPS) is 14.7. The fourth-order valence-corrected chi connectivity index (χ4v) is 5.64. The van der Waals surface area contributed by atoms with Crippen LogP contribution >= 0.6 is 0 Å². The summed E-state index contributed by atoms with van der Waals surface area (Å²) in [6, 6.07) is 39.5. The van der Waals surface area contributed by atoms with Gasteiger partial charge in [-0.2, -0.15) is 5.26 Å². The molecule has 0 saturated carbocycles. The fraction of sp³-hybridized carbons (Fsp3) is 0.143. The Hall–Kier alpha value is -5.36. The molecule has 1 aliphatic heterocycles. The van der Waals surface area contributed by atoms with Gasteiger partial charge < -0.3 is 15.2 Å². The van der Waals surface area contributed by atoms with E-state index in [1.807, 2.05) is 6.07 Å². The number of rotatable bonds is 6. The summed E-state index contributed by atoms with van der Waals surface area (Å²) in [5.41, 5.74) is 4.38. The van der Waals surface area contributed by atoms with Crippen molar-refractivity contribution in [1.29, 1.82) is 5.26 Å². The van der Waals surface area contributed by atoms with Crippen molar-refractivity contribution in [3.63, 3.8) is 0 Å². The van der Waals surface area contributed by atoms with Crippen molar-refractivity contribution < 1.29 is 0 Å². The van der Waals surface area contributed by atoms with Gasteiger partial charge in [0.25, 0.3) is 0 Å². The summed E-state index contributed by atoms with van der Waals surface area (Å²) in [7, 11) is 0. The van der Waals surface area contributed by atoms with Gasteiger partial charge in [0.05, 0.1) is 17.1 Å². The third kappa shape index (κ3) is 5.72. The molecule has 8 nitrogen and oxygen atoms in total. The summed E-state index contributed by atoms with van der Waals surface area (Å²) in [4.78, 5) is 13.2. The Bertz CT molecular complexity index is 1680. The topological polar surface area (TPSA) is 103 Å². The first-order chi connectivity index (χ1) is 21.3. The highest BCUT2D eigenvalue weighted by Gasteiger charge is 2.39. The Balaban J connectivity index is 0.000000359. The monoisotopic (exact) mass is 564 g/mol. The summed E-state index contributed by atoms with van der Waals surface area (Å²) in [5.74, 6) is 0.832. The van der Waals surface area contributed by atoms with Gasteiger partial charge in [-0.3, -0.25) is 10.3 Å². The molecule has 1 aliphatic rings. The van der Waals surface area contributed by atoms with Gasteiger partial charge >= 0.3 is 0 Å². The molecule has 1 saturated heterocycles. The van der Waals surface area contributed by atoms with Crippen LogP contribution in [0.2, 0.25) is 0 Å². The van der Waals surface area contributed by atoms with E-state index in [1.165, 1.54) is 22.9 Å². The lowest BCUT2D eigenvalue weighted by molar-refractivity contribution is 0.450. The van der Waals surface area contributed by atoms with Gasteiger partial charge in [-0.15, -0.1) is 0 Å². The molecule has 1 fully saturated rings. The summed E-state index contributed by atoms with van der Waals surface area (Å²) < 4.78 is 2.29. The molecule has 0 bridgehead atoms. The Morgan fingerprint density at radius 3 is 1.95 bits per heavy atom. The molecule has 0 radical (unpaired) electrons.